The molecule has 0 unspecified atom stereocenters. The fraction of sp³-hybridized carbons (Fsp3) is 0.357. The highest BCUT2D eigenvalue weighted by Crippen LogP contribution is 2.30. The maximum Gasteiger partial charge on any atom is 0.295 e. The van der Waals surface area contributed by atoms with E-state index < -0.39 is 0 Å². The number of methoxy groups -OCH3 is 1. The summed E-state index contributed by atoms with van der Waals surface area (Å²) in [5.74, 6) is 1.59. The molecule has 1 heterocycles. The Balaban J connectivity index is 2.13. The number of aromatic nitrogens is 3. The molecule has 0 aliphatic rings. The normalized spacial score (nSPS) is 10.2. The molecular weight excluding hydrogens is 272 g/mol. The van der Waals surface area contributed by atoms with Crippen molar-refractivity contribution in [1.82, 2.24) is 15.2 Å². The number of H-pyrrole nitrogens is 1. The highest BCUT2D eigenvalue weighted by Gasteiger charge is 2.13. The van der Waals surface area contributed by atoms with Crippen LogP contribution in [0.1, 0.15) is 30.3 Å². The second kappa shape index (κ2) is 6.74. The van der Waals surface area contributed by atoms with E-state index in [1.165, 1.54) is 0 Å². The van der Waals surface area contributed by atoms with Crippen LogP contribution in [-0.4, -0.2) is 34.8 Å². The van der Waals surface area contributed by atoms with E-state index in [0.717, 1.165) is 0 Å². The fourth-order valence-corrected chi connectivity index (χ4v) is 1.76. The number of nitrogens with one attached hydrogen (secondary N) is 2. The molecule has 2 N–H and O–H groups in total. The molecule has 2 rings (SSSR count). The molecule has 21 heavy (non-hydrogen) atoms. The molecule has 1 aromatic carbocycles. The molecule has 0 saturated heterocycles. The van der Waals surface area contributed by atoms with Crippen molar-refractivity contribution >= 4 is 11.6 Å². The molecule has 0 atom stereocenters. The molecule has 1 aromatic heterocycles. The number of nitrogens with zero attached hydrogens (tertiary/aromatic N) is 2. The zero-order valence-corrected chi connectivity index (χ0v) is 12.3. The van der Waals surface area contributed by atoms with Gasteiger partial charge in [0.05, 0.1) is 13.7 Å². The van der Waals surface area contributed by atoms with Crippen molar-refractivity contribution in [1.29, 1.82) is 0 Å². The van der Waals surface area contributed by atoms with Crippen LogP contribution in [0.3, 0.4) is 0 Å². The Kier molecular flexibility index (Phi) is 4.76. The molecule has 7 nitrogen and oxygen atoms in total. The molecule has 0 radical (unpaired) electrons. The average Bonchev–Trinajstić information content (AvgIpc) is 2.98. The predicted molar refractivity (Wildman–Crippen MR) is 77.9 cm³/mol. The Morgan fingerprint density at radius 2 is 2.14 bits per heavy atom. The van der Waals surface area contributed by atoms with Gasteiger partial charge in [0.25, 0.3) is 5.91 Å². The molecule has 7 heteroatoms. The van der Waals surface area contributed by atoms with E-state index in [0.29, 0.717) is 36.0 Å². The van der Waals surface area contributed by atoms with Crippen LogP contribution in [0.25, 0.3) is 0 Å². The number of hydrogen-bond acceptors (Lipinski definition) is 5. The standard InChI is InChI=1S/C14H18N4O3/c1-4-12-16-13(18-17-12)14(19)15-9-6-7-10(21-5-2)11(8-9)20-3/h6-8H,4-5H2,1-3H3,(H,15,19)(H,16,17,18). The summed E-state index contributed by atoms with van der Waals surface area (Å²) < 4.78 is 10.7. The van der Waals surface area contributed by atoms with Gasteiger partial charge in [-0.25, -0.2) is 4.98 Å². The van der Waals surface area contributed by atoms with Crippen LogP contribution < -0.4 is 14.8 Å². The summed E-state index contributed by atoms with van der Waals surface area (Å²) in [5.41, 5.74) is 0.586. The van der Waals surface area contributed by atoms with Gasteiger partial charge in [-0.05, 0) is 19.1 Å². The number of ether oxygens (including phenoxy) is 2. The Labute approximate surface area is 122 Å². The van der Waals surface area contributed by atoms with E-state index in [1.54, 1.807) is 25.3 Å². The van der Waals surface area contributed by atoms with Gasteiger partial charge in [0.1, 0.15) is 5.82 Å². The first kappa shape index (κ1) is 14.8. The zero-order chi connectivity index (χ0) is 15.2. The lowest BCUT2D eigenvalue weighted by molar-refractivity contribution is 0.101. The van der Waals surface area contributed by atoms with Crippen molar-refractivity contribution in [3.8, 4) is 11.5 Å². The minimum Gasteiger partial charge on any atom is -0.493 e. The Bertz CT molecular complexity index is 624. The third kappa shape index (κ3) is 3.50. The molecule has 0 saturated carbocycles. The lowest BCUT2D eigenvalue weighted by Gasteiger charge is -2.11. The van der Waals surface area contributed by atoms with Crippen molar-refractivity contribution in [2.24, 2.45) is 0 Å². The third-order valence-electron chi connectivity index (χ3n) is 2.79. The molecule has 2 aromatic rings. The largest absolute Gasteiger partial charge is 0.493 e. The molecule has 0 aliphatic carbocycles. The smallest absolute Gasteiger partial charge is 0.295 e. The Hall–Kier alpha value is -2.57. The highest BCUT2D eigenvalue weighted by atomic mass is 16.5. The first-order valence-corrected chi connectivity index (χ1v) is 6.71. The van der Waals surface area contributed by atoms with Crippen LogP contribution in [-0.2, 0) is 6.42 Å². The Morgan fingerprint density at radius 1 is 1.33 bits per heavy atom. The molecule has 112 valence electrons. The van der Waals surface area contributed by atoms with Gasteiger partial charge in [0, 0.05) is 18.2 Å². The monoisotopic (exact) mass is 290 g/mol. The van der Waals surface area contributed by atoms with Crippen molar-refractivity contribution in [2.45, 2.75) is 20.3 Å². The van der Waals surface area contributed by atoms with Gasteiger partial charge in [0.2, 0.25) is 5.82 Å². The van der Waals surface area contributed by atoms with E-state index in [-0.39, 0.29) is 11.7 Å². The van der Waals surface area contributed by atoms with E-state index in [9.17, 15) is 4.79 Å². The van der Waals surface area contributed by atoms with Crippen LogP contribution in [0, 0.1) is 0 Å². The number of carbonyl (C=O) groups excluding carboxylic acids is 1. The van der Waals surface area contributed by atoms with E-state index in [4.69, 9.17) is 9.47 Å². The quantitative estimate of drug-likeness (QED) is 0.849. The average molecular weight is 290 g/mol. The topological polar surface area (TPSA) is 89.1 Å². The van der Waals surface area contributed by atoms with Crippen LogP contribution in [0.4, 0.5) is 5.69 Å². The molecular formula is C14H18N4O3. The Morgan fingerprint density at radius 3 is 2.76 bits per heavy atom. The van der Waals surface area contributed by atoms with Crippen molar-refractivity contribution < 1.29 is 14.3 Å². The van der Waals surface area contributed by atoms with Crippen LogP contribution in [0.5, 0.6) is 11.5 Å². The summed E-state index contributed by atoms with van der Waals surface area (Å²) in [6.45, 7) is 4.36. The maximum absolute atomic E-state index is 12.0. The molecule has 0 aliphatic heterocycles. The molecule has 0 spiro atoms. The van der Waals surface area contributed by atoms with Crippen molar-refractivity contribution in [3.05, 3.63) is 29.8 Å². The van der Waals surface area contributed by atoms with Gasteiger partial charge in [-0.15, -0.1) is 5.10 Å². The predicted octanol–water partition coefficient (Wildman–Crippen LogP) is 2.03. The number of amides is 1. The van der Waals surface area contributed by atoms with E-state index >= 15 is 0 Å². The zero-order valence-electron chi connectivity index (χ0n) is 12.3. The van der Waals surface area contributed by atoms with Gasteiger partial charge < -0.3 is 14.8 Å². The summed E-state index contributed by atoms with van der Waals surface area (Å²) in [4.78, 5) is 16.1. The number of hydrogen-bond donors (Lipinski definition) is 2. The van der Waals surface area contributed by atoms with E-state index in [2.05, 4.69) is 20.5 Å². The van der Waals surface area contributed by atoms with Crippen molar-refractivity contribution in [2.75, 3.05) is 19.0 Å². The van der Waals surface area contributed by atoms with Gasteiger partial charge in [-0.3, -0.25) is 9.89 Å². The van der Waals surface area contributed by atoms with Crippen LogP contribution in [0.2, 0.25) is 0 Å². The summed E-state index contributed by atoms with van der Waals surface area (Å²) in [5, 5.41) is 9.29. The summed E-state index contributed by atoms with van der Waals surface area (Å²) >= 11 is 0. The SMILES string of the molecule is CCOc1ccc(NC(=O)c2n[nH]c(CC)n2)cc1OC. The van der Waals surface area contributed by atoms with Gasteiger partial charge in [0.15, 0.2) is 11.5 Å². The number of rotatable bonds is 6. The minimum atomic E-state index is -0.378. The van der Waals surface area contributed by atoms with Crippen LogP contribution >= 0.6 is 0 Å². The first-order valence-electron chi connectivity index (χ1n) is 6.71. The number of anilines is 1. The third-order valence-corrected chi connectivity index (χ3v) is 2.79. The summed E-state index contributed by atoms with van der Waals surface area (Å²) in [7, 11) is 1.55. The van der Waals surface area contributed by atoms with Crippen molar-refractivity contribution in [3.63, 3.8) is 0 Å². The highest BCUT2D eigenvalue weighted by molar-refractivity contribution is 6.01. The van der Waals surface area contributed by atoms with Gasteiger partial charge in [-0.2, -0.15) is 0 Å². The fourth-order valence-electron chi connectivity index (χ4n) is 1.76. The lowest BCUT2D eigenvalue weighted by atomic mass is 10.2. The molecule has 0 bridgehead atoms. The number of carbonyl (C=O) groups is 1. The number of benzene rings is 1. The molecule has 1 amide bonds. The first-order chi connectivity index (χ1) is 10.2. The van der Waals surface area contributed by atoms with Crippen LogP contribution in [0.15, 0.2) is 18.2 Å². The molecule has 0 fully saturated rings. The maximum atomic E-state index is 12.0. The summed E-state index contributed by atoms with van der Waals surface area (Å²) in [6, 6.07) is 5.17. The minimum absolute atomic E-state index is 0.111. The van der Waals surface area contributed by atoms with E-state index in [1.807, 2.05) is 13.8 Å². The second-order valence-electron chi connectivity index (χ2n) is 4.21. The number of aromatic amines is 1. The van der Waals surface area contributed by atoms with Gasteiger partial charge >= 0.3 is 0 Å². The van der Waals surface area contributed by atoms with Gasteiger partial charge in [-0.1, -0.05) is 6.92 Å². The summed E-state index contributed by atoms with van der Waals surface area (Å²) in [6.07, 6.45) is 0.692. The number of aryl methyl sites for hydroxylation is 1. The lowest BCUT2D eigenvalue weighted by Crippen LogP contribution is -2.14. The second-order valence-corrected chi connectivity index (χ2v) is 4.21.